The zero-order chi connectivity index (χ0) is 14.0. The Balaban J connectivity index is 2.36. The number of likely N-dealkylation sites (N-methyl/N-ethyl adjacent to an activating group) is 1. The van der Waals surface area contributed by atoms with Gasteiger partial charge in [-0.2, -0.15) is 4.31 Å². The lowest BCUT2D eigenvalue weighted by atomic mass is 10.2. The van der Waals surface area contributed by atoms with E-state index >= 15 is 0 Å². The van der Waals surface area contributed by atoms with Crippen molar-refractivity contribution in [2.45, 2.75) is 30.7 Å². The van der Waals surface area contributed by atoms with Gasteiger partial charge in [-0.05, 0) is 50.6 Å². The Morgan fingerprint density at radius 2 is 2.16 bits per heavy atom. The first kappa shape index (κ1) is 14.4. The summed E-state index contributed by atoms with van der Waals surface area (Å²) in [6, 6.07) is 3.90. The number of sulfonamides is 1. The zero-order valence-electron chi connectivity index (χ0n) is 11.2. The number of halogens is 1. The van der Waals surface area contributed by atoms with E-state index in [1.165, 1.54) is 16.4 Å². The smallest absolute Gasteiger partial charge is 0.243 e. The third-order valence-corrected chi connectivity index (χ3v) is 5.31. The fraction of sp³-hybridized carbons (Fsp3) is 0.538. The van der Waals surface area contributed by atoms with Gasteiger partial charge in [0.25, 0.3) is 0 Å². The van der Waals surface area contributed by atoms with E-state index in [2.05, 4.69) is 5.32 Å². The van der Waals surface area contributed by atoms with Gasteiger partial charge < -0.3 is 5.32 Å². The van der Waals surface area contributed by atoms with E-state index < -0.39 is 15.8 Å². The number of aryl methyl sites for hydroxylation is 1. The summed E-state index contributed by atoms with van der Waals surface area (Å²) in [6.07, 6.45) is 1.69. The van der Waals surface area contributed by atoms with E-state index in [4.69, 9.17) is 0 Å². The highest BCUT2D eigenvalue weighted by atomic mass is 32.2. The van der Waals surface area contributed by atoms with Gasteiger partial charge in [-0.15, -0.1) is 0 Å². The van der Waals surface area contributed by atoms with E-state index in [1.807, 2.05) is 0 Å². The first-order valence-corrected chi connectivity index (χ1v) is 7.83. The molecule has 1 saturated heterocycles. The van der Waals surface area contributed by atoms with Crippen molar-refractivity contribution >= 4 is 10.0 Å². The van der Waals surface area contributed by atoms with Crippen LogP contribution in [0.25, 0.3) is 0 Å². The molecular weight excluding hydrogens is 267 g/mol. The van der Waals surface area contributed by atoms with Gasteiger partial charge in [-0.3, -0.25) is 0 Å². The maximum Gasteiger partial charge on any atom is 0.243 e. The third-order valence-electron chi connectivity index (χ3n) is 3.39. The number of hydrogen-bond acceptors (Lipinski definition) is 3. The van der Waals surface area contributed by atoms with Gasteiger partial charge in [-0.1, -0.05) is 0 Å². The fourth-order valence-corrected chi connectivity index (χ4v) is 4.36. The summed E-state index contributed by atoms with van der Waals surface area (Å²) in [5.74, 6) is -0.511. The summed E-state index contributed by atoms with van der Waals surface area (Å²) >= 11 is 0. The van der Waals surface area contributed by atoms with Crippen molar-refractivity contribution < 1.29 is 12.8 Å². The number of nitrogens with zero attached hydrogens (tertiary/aromatic N) is 1. The maximum atomic E-state index is 13.4. The number of benzene rings is 1. The summed E-state index contributed by atoms with van der Waals surface area (Å²) in [6.45, 7) is 2.81. The van der Waals surface area contributed by atoms with Crippen LogP contribution in [0.15, 0.2) is 23.1 Å². The van der Waals surface area contributed by atoms with Crippen molar-refractivity contribution in [3.63, 3.8) is 0 Å². The SMILES string of the molecule is CNC[C@@H]1CCCN1S(=O)(=O)c1cc(C)cc(F)c1. The summed E-state index contributed by atoms with van der Waals surface area (Å²) < 4.78 is 40.0. The second kappa shape index (κ2) is 5.56. The van der Waals surface area contributed by atoms with Crippen LogP contribution in [-0.2, 0) is 10.0 Å². The molecule has 0 amide bonds. The van der Waals surface area contributed by atoms with Gasteiger partial charge in [0.2, 0.25) is 10.0 Å². The molecule has 1 atom stereocenters. The van der Waals surface area contributed by atoms with Crippen LogP contribution in [0.1, 0.15) is 18.4 Å². The molecule has 1 aliphatic heterocycles. The van der Waals surface area contributed by atoms with Crippen molar-refractivity contribution in [3.8, 4) is 0 Å². The molecule has 1 aromatic carbocycles. The molecule has 0 bridgehead atoms. The molecule has 1 aromatic rings. The van der Waals surface area contributed by atoms with Gasteiger partial charge in [0.05, 0.1) is 4.90 Å². The Labute approximate surface area is 113 Å². The largest absolute Gasteiger partial charge is 0.318 e. The Bertz CT molecular complexity index is 540. The molecule has 0 radical (unpaired) electrons. The topological polar surface area (TPSA) is 49.4 Å². The standard InChI is InChI=1S/C13H19FN2O2S/c1-10-6-11(14)8-13(7-10)19(17,18)16-5-3-4-12(16)9-15-2/h6-8,12,15H,3-5,9H2,1-2H3/t12-/m0/s1. The Morgan fingerprint density at radius 1 is 1.42 bits per heavy atom. The average molecular weight is 286 g/mol. The van der Waals surface area contributed by atoms with Crippen molar-refractivity contribution in [1.29, 1.82) is 0 Å². The quantitative estimate of drug-likeness (QED) is 0.912. The molecule has 2 rings (SSSR count). The molecule has 1 fully saturated rings. The minimum absolute atomic E-state index is 0.0430. The Morgan fingerprint density at radius 3 is 2.79 bits per heavy atom. The molecule has 0 spiro atoms. The number of rotatable bonds is 4. The van der Waals surface area contributed by atoms with E-state index in [-0.39, 0.29) is 10.9 Å². The lowest BCUT2D eigenvalue weighted by Gasteiger charge is -2.24. The van der Waals surface area contributed by atoms with Crippen molar-refractivity contribution in [3.05, 3.63) is 29.6 Å². The van der Waals surface area contributed by atoms with Crippen LogP contribution in [-0.4, -0.2) is 38.9 Å². The van der Waals surface area contributed by atoms with Crippen LogP contribution in [0.2, 0.25) is 0 Å². The third kappa shape index (κ3) is 2.96. The van der Waals surface area contributed by atoms with Gasteiger partial charge in [0.15, 0.2) is 0 Å². The molecule has 19 heavy (non-hydrogen) atoms. The summed E-state index contributed by atoms with van der Waals surface area (Å²) in [5, 5.41) is 3.01. The molecule has 0 saturated carbocycles. The Hall–Kier alpha value is -0.980. The molecule has 4 nitrogen and oxygen atoms in total. The average Bonchev–Trinajstić information content (AvgIpc) is 2.77. The number of hydrogen-bond donors (Lipinski definition) is 1. The van der Waals surface area contributed by atoms with Crippen LogP contribution in [0.5, 0.6) is 0 Å². The van der Waals surface area contributed by atoms with Gasteiger partial charge in [-0.25, -0.2) is 12.8 Å². The summed E-state index contributed by atoms with van der Waals surface area (Å²) in [4.78, 5) is 0.0491. The first-order valence-electron chi connectivity index (χ1n) is 6.39. The highest BCUT2D eigenvalue weighted by molar-refractivity contribution is 7.89. The zero-order valence-corrected chi connectivity index (χ0v) is 12.0. The molecule has 0 aromatic heterocycles. The molecule has 1 aliphatic rings. The lowest BCUT2D eigenvalue weighted by molar-refractivity contribution is 0.379. The lowest BCUT2D eigenvalue weighted by Crippen LogP contribution is -2.40. The maximum absolute atomic E-state index is 13.4. The Kier molecular flexibility index (Phi) is 4.23. The normalized spacial score (nSPS) is 20.9. The first-order chi connectivity index (χ1) is 8.95. The van der Waals surface area contributed by atoms with Gasteiger partial charge >= 0.3 is 0 Å². The second-order valence-electron chi connectivity index (χ2n) is 4.93. The highest BCUT2D eigenvalue weighted by Crippen LogP contribution is 2.26. The summed E-state index contributed by atoms with van der Waals surface area (Å²) in [7, 11) is -1.80. The van der Waals surface area contributed by atoms with Crippen LogP contribution in [0.3, 0.4) is 0 Å². The van der Waals surface area contributed by atoms with Crippen molar-refractivity contribution in [1.82, 2.24) is 9.62 Å². The highest BCUT2D eigenvalue weighted by Gasteiger charge is 2.35. The minimum Gasteiger partial charge on any atom is -0.318 e. The van der Waals surface area contributed by atoms with Crippen molar-refractivity contribution in [2.24, 2.45) is 0 Å². The van der Waals surface area contributed by atoms with Crippen LogP contribution in [0, 0.1) is 12.7 Å². The van der Waals surface area contributed by atoms with E-state index in [9.17, 15) is 12.8 Å². The molecule has 1 N–H and O–H groups in total. The van der Waals surface area contributed by atoms with E-state index in [0.29, 0.717) is 18.7 Å². The molecule has 0 aliphatic carbocycles. The fourth-order valence-electron chi connectivity index (χ4n) is 2.55. The second-order valence-corrected chi connectivity index (χ2v) is 6.82. The molecule has 6 heteroatoms. The molecular formula is C13H19FN2O2S. The van der Waals surface area contributed by atoms with Crippen LogP contribution >= 0.6 is 0 Å². The van der Waals surface area contributed by atoms with E-state index in [0.717, 1.165) is 18.9 Å². The van der Waals surface area contributed by atoms with Crippen LogP contribution in [0.4, 0.5) is 4.39 Å². The van der Waals surface area contributed by atoms with Crippen LogP contribution < -0.4 is 5.32 Å². The number of nitrogens with one attached hydrogen (secondary N) is 1. The molecule has 106 valence electrons. The predicted molar refractivity (Wildman–Crippen MR) is 72.0 cm³/mol. The monoisotopic (exact) mass is 286 g/mol. The summed E-state index contributed by atoms with van der Waals surface area (Å²) in [5.41, 5.74) is 0.614. The molecule has 0 unspecified atom stereocenters. The predicted octanol–water partition coefficient (Wildman–Crippen LogP) is 1.51. The van der Waals surface area contributed by atoms with Gasteiger partial charge in [0.1, 0.15) is 5.82 Å². The van der Waals surface area contributed by atoms with E-state index in [1.54, 1.807) is 14.0 Å². The molecule has 1 heterocycles. The van der Waals surface area contributed by atoms with Crippen molar-refractivity contribution in [2.75, 3.05) is 20.1 Å². The van der Waals surface area contributed by atoms with Gasteiger partial charge in [0, 0.05) is 19.1 Å². The minimum atomic E-state index is -3.60.